The van der Waals surface area contributed by atoms with Crippen molar-refractivity contribution in [2.45, 2.75) is 0 Å². The van der Waals surface area contributed by atoms with Crippen LogP contribution in [0.5, 0.6) is 0 Å². The fourth-order valence-corrected chi connectivity index (χ4v) is 1.13. The Kier molecular flexibility index (Phi) is 1.86. The van der Waals surface area contributed by atoms with E-state index in [0.717, 1.165) is 11.3 Å². The van der Waals surface area contributed by atoms with Crippen molar-refractivity contribution < 1.29 is 14.7 Å². The quantitative estimate of drug-likeness (QED) is 0.653. The molecule has 0 bridgehead atoms. The van der Waals surface area contributed by atoms with Gasteiger partial charge in [0.05, 0.1) is 0 Å². The summed E-state index contributed by atoms with van der Waals surface area (Å²) in [7, 11) is 0. The molecule has 58 valence electrons. The highest BCUT2D eigenvalue weighted by atomic mass is 32.1. The number of aromatic nitrogens is 1. The first kappa shape index (κ1) is 7.67. The van der Waals surface area contributed by atoms with Crippen molar-refractivity contribution in [3.05, 3.63) is 16.1 Å². The molecule has 0 atom stereocenters. The molecule has 1 rings (SSSR count). The van der Waals surface area contributed by atoms with Crippen LogP contribution in [0, 0.1) is 0 Å². The van der Waals surface area contributed by atoms with Crippen molar-refractivity contribution >= 4 is 23.2 Å². The Morgan fingerprint density at radius 3 is 2.55 bits per heavy atom. The molecule has 0 aliphatic carbocycles. The van der Waals surface area contributed by atoms with Crippen LogP contribution in [0.4, 0.5) is 0 Å². The molecule has 0 radical (unpaired) electrons. The van der Waals surface area contributed by atoms with Gasteiger partial charge in [-0.25, -0.2) is 9.78 Å². The predicted octanol–water partition coefficient (Wildman–Crippen LogP) is -0.0598. The van der Waals surface area contributed by atoms with Gasteiger partial charge in [0.15, 0.2) is 0 Å². The Morgan fingerprint density at radius 1 is 1.64 bits per heavy atom. The lowest BCUT2D eigenvalue weighted by atomic mass is 10.5. The Balaban J connectivity index is 2.99. The lowest BCUT2D eigenvalue weighted by Gasteiger charge is -1.82. The molecular weight excluding hydrogens is 168 g/mol. The average molecular weight is 172 g/mol. The van der Waals surface area contributed by atoms with Gasteiger partial charge in [0, 0.05) is 5.38 Å². The molecule has 0 unspecified atom stereocenters. The van der Waals surface area contributed by atoms with E-state index in [0.29, 0.717) is 0 Å². The molecule has 1 aromatic rings. The molecular formula is C5H4N2O3S. The summed E-state index contributed by atoms with van der Waals surface area (Å²) in [5.74, 6) is -1.86. The first-order valence-corrected chi connectivity index (χ1v) is 3.48. The van der Waals surface area contributed by atoms with Crippen molar-refractivity contribution in [2.24, 2.45) is 5.73 Å². The zero-order valence-electron chi connectivity index (χ0n) is 5.27. The number of carboxylic acid groups (broad SMARTS) is 1. The summed E-state index contributed by atoms with van der Waals surface area (Å²) >= 11 is 0.874. The van der Waals surface area contributed by atoms with Crippen LogP contribution in [0.2, 0.25) is 0 Å². The molecule has 1 aromatic heterocycles. The number of rotatable bonds is 2. The first-order chi connectivity index (χ1) is 5.11. The number of aromatic carboxylic acids is 1. The number of nitrogens with zero attached hydrogens (tertiary/aromatic N) is 1. The van der Waals surface area contributed by atoms with Gasteiger partial charge in [-0.05, 0) is 0 Å². The van der Waals surface area contributed by atoms with Crippen molar-refractivity contribution in [3.8, 4) is 0 Å². The van der Waals surface area contributed by atoms with E-state index < -0.39 is 11.9 Å². The molecule has 0 aromatic carbocycles. The number of hydrogen-bond donors (Lipinski definition) is 2. The maximum atomic E-state index is 10.4. The van der Waals surface area contributed by atoms with Gasteiger partial charge >= 0.3 is 5.97 Å². The zero-order chi connectivity index (χ0) is 8.43. The minimum atomic E-state index is -1.15. The fourth-order valence-electron chi connectivity index (χ4n) is 0.485. The number of thiazole rings is 1. The van der Waals surface area contributed by atoms with Crippen molar-refractivity contribution in [2.75, 3.05) is 0 Å². The van der Waals surface area contributed by atoms with Crippen molar-refractivity contribution in [1.29, 1.82) is 0 Å². The molecule has 5 nitrogen and oxygen atoms in total. The molecule has 0 aliphatic heterocycles. The van der Waals surface area contributed by atoms with Crippen molar-refractivity contribution in [1.82, 2.24) is 4.98 Å². The predicted molar refractivity (Wildman–Crippen MR) is 37.6 cm³/mol. The number of hydrogen-bond acceptors (Lipinski definition) is 4. The van der Waals surface area contributed by atoms with E-state index in [4.69, 9.17) is 10.8 Å². The van der Waals surface area contributed by atoms with Crippen LogP contribution >= 0.6 is 11.3 Å². The molecule has 11 heavy (non-hydrogen) atoms. The summed E-state index contributed by atoms with van der Waals surface area (Å²) in [4.78, 5) is 24.1. The van der Waals surface area contributed by atoms with E-state index in [1.807, 2.05) is 0 Å². The Hall–Kier alpha value is -1.43. The Labute approximate surface area is 65.5 Å². The molecule has 0 saturated heterocycles. The molecule has 3 N–H and O–H groups in total. The third-order valence-corrected chi connectivity index (χ3v) is 1.77. The summed E-state index contributed by atoms with van der Waals surface area (Å²) in [6.07, 6.45) is 0. The molecule has 0 spiro atoms. The molecule has 0 aliphatic rings. The van der Waals surface area contributed by atoms with E-state index in [-0.39, 0.29) is 10.7 Å². The second kappa shape index (κ2) is 2.67. The van der Waals surface area contributed by atoms with Crippen LogP contribution in [-0.4, -0.2) is 22.0 Å². The normalized spacial score (nSPS) is 9.45. The second-order valence-corrected chi connectivity index (χ2v) is 2.57. The summed E-state index contributed by atoms with van der Waals surface area (Å²) in [6, 6.07) is 0. The van der Waals surface area contributed by atoms with Gasteiger partial charge in [-0.1, -0.05) is 0 Å². The topological polar surface area (TPSA) is 93.3 Å². The summed E-state index contributed by atoms with van der Waals surface area (Å²) in [5.41, 5.74) is 4.83. The minimum Gasteiger partial charge on any atom is -0.476 e. The highest BCUT2D eigenvalue weighted by Crippen LogP contribution is 2.08. The van der Waals surface area contributed by atoms with Gasteiger partial charge in [-0.2, -0.15) is 0 Å². The van der Waals surface area contributed by atoms with Gasteiger partial charge in [-0.3, -0.25) is 4.79 Å². The Bertz CT molecular complexity index is 278. The van der Waals surface area contributed by atoms with Crippen LogP contribution in [0.1, 0.15) is 20.3 Å². The molecule has 6 heteroatoms. The van der Waals surface area contributed by atoms with Gasteiger partial charge in [-0.15, -0.1) is 11.3 Å². The van der Waals surface area contributed by atoms with E-state index in [1.54, 1.807) is 0 Å². The van der Waals surface area contributed by atoms with Gasteiger partial charge < -0.3 is 10.8 Å². The van der Waals surface area contributed by atoms with Crippen LogP contribution in [0.15, 0.2) is 5.38 Å². The molecule has 0 saturated carbocycles. The van der Waals surface area contributed by atoms with Crippen LogP contribution in [0.3, 0.4) is 0 Å². The lowest BCUT2D eigenvalue weighted by molar-refractivity contribution is 0.0696. The SMILES string of the molecule is NC(=O)c1csc(C(=O)O)n1. The molecule has 0 fully saturated rings. The summed E-state index contributed by atoms with van der Waals surface area (Å²) in [6.45, 7) is 0. The summed E-state index contributed by atoms with van der Waals surface area (Å²) in [5, 5.41) is 9.56. The minimum absolute atomic E-state index is 0.00704. The van der Waals surface area contributed by atoms with Gasteiger partial charge in [0.25, 0.3) is 5.91 Å². The van der Waals surface area contributed by atoms with Crippen molar-refractivity contribution in [3.63, 3.8) is 0 Å². The second-order valence-electron chi connectivity index (χ2n) is 1.71. The number of carbonyl (C=O) groups is 2. The molecule has 1 heterocycles. The number of nitrogens with two attached hydrogens (primary N) is 1. The smallest absolute Gasteiger partial charge is 0.365 e. The third kappa shape index (κ3) is 1.53. The van der Waals surface area contributed by atoms with E-state index >= 15 is 0 Å². The largest absolute Gasteiger partial charge is 0.476 e. The van der Waals surface area contributed by atoms with Crippen LogP contribution < -0.4 is 5.73 Å². The van der Waals surface area contributed by atoms with E-state index in [9.17, 15) is 9.59 Å². The van der Waals surface area contributed by atoms with E-state index in [1.165, 1.54) is 5.38 Å². The zero-order valence-corrected chi connectivity index (χ0v) is 6.09. The fraction of sp³-hybridized carbons (Fsp3) is 0. The van der Waals surface area contributed by atoms with E-state index in [2.05, 4.69) is 4.98 Å². The van der Waals surface area contributed by atoms with Gasteiger partial charge in [0.2, 0.25) is 5.01 Å². The monoisotopic (exact) mass is 172 g/mol. The maximum Gasteiger partial charge on any atom is 0.365 e. The highest BCUT2D eigenvalue weighted by molar-refractivity contribution is 7.11. The highest BCUT2D eigenvalue weighted by Gasteiger charge is 2.11. The first-order valence-electron chi connectivity index (χ1n) is 2.60. The number of amides is 1. The van der Waals surface area contributed by atoms with Crippen LogP contribution in [0.25, 0.3) is 0 Å². The average Bonchev–Trinajstić information content (AvgIpc) is 2.33. The molecule has 1 amide bonds. The maximum absolute atomic E-state index is 10.4. The number of carboxylic acids is 1. The lowest BCUT2D eigenvalue weighted by Crippen LogP contribution is -2.11. The number of primary amides is 1. The summed E-state index contributed by atoms with van der Waals surface area (Å²) < 4.78 is 0. The third-order valence-electron chi connectivity index (χ3n) is 0.940. The van der Waals surface area contributed by atoms with Gasteiger partial charge in [0.1, 0.15) is 5.69 Å². The standard InChI is InChI=1S/C5H4N2O3S/c6-3(8)2-1-11-4(7-2)5(9)10/h1H,(H2,6,8)(H,9,10). The van der Waals surface area contributed by atoms with Crippen LogP contribution in [-0.2, 0) is 0 Å². The number of carbonyl (C=O) groups excluding carboxylic acids is 1. The Morgan fingerprint density at radius 2 is 2.27 bits per heavy atom.